The van der Waals surface area contributed by atoms with E-state index in [0.29, 0.717) is 4.47 Å². The van der Waals surface area contributed by atoms with E-state index >= 15 is 0 Å². The van der Waals surface area contributed by atoms with E-state index in [1.807, 2.05) is 25.2 Å². The van der Waals surface area contributed by atoms with Crippen molar-refractivity contribution < 1.29 is 4.39 Å². The van der Waals surface area contributed by atoms with E-state index in [2.05, 4.69) is 33.2 Å². The van der Waals surface area contributed by atoms with Crippen LogP contribution in [-0.2, 0) is 0 Å². The minimum Gasteiger partial charge on any atom is -0.312 e. The molecule has 2 rings (SSSR count). The zero-order valence-corrected chi connectivity index (χ0v) is 12.5. The fourth-order valence-electron chi connectivity index (χ4n) is 2.29. The molecule has 0 radical (unpaired) electrons. The molecule has 0 fully saturated rings. The number of hydrogen-bond donors (Lipinski definition) is 1. The van der Waals surface area contributed by atoms with E-state index < -0.39 is 0 Å². The molecule has 0 aliphatic heterocycles. The highest BCUT2D eigenvalue weighted by Gasteiger charge is 2.22. The Morgan fingerprint density at radius 2 is 1.89 bits per heavy atom. The molecule has 19 heavy (non-hydrogen) atoms. The van der Waals surface area contributed by atoms with E-state index in [1.165, 1.54) is 11.6 Å². The lowest BCUT2D eigenvalue weighted by Crippen LogP contribution is -2.23. The number of nitrogens with zero attached hydrogens (tertiary/aromatic N) is 1. The Labute approximate surface area is 121 Å². The van der Waals surface area contributed by atoms with E-state index in [1.54, 1.807) is 18.5 Å². The molecule has 100 valence electrons. The van der Waals surface area contributed by atoms with Crippen LogP contribution in [-0.4, -0.2) is 12.0 Å². The van der Waals surface area contributed by atoms with Gasteiger partial charge in [-0.05, 0) is 52.3 Å². The van der Waals surface area contributed by atoms with Crippen molar-refractivity contribution in [3.05, 3.63) is 64.1 Å². The Bertz CT molecular complexity index is 545. The molecule has 0 spiro atoms. The predicted molar refractivity (Wildman–Crippen MR) is 78.6 cm³/mol. The van der Waals surface area contributed by atoms with Crippen LogP contribution >= 0.6 is 15.9 Å². The molecule has 4 heteroatoms. The number of nitrogens with one attached hydrogen (secondary N) is 1. The molecule has 1 aromatic heterocycles. The first-order chi connectivity index (χ1) is 9.15. The van der Waals surface area contributed by atoms with Gasteiger partial charge in [0.15, 0.2) is 0 Å². The van der Waals surface area contributed by atoms with Gasteiger partial charge < -0.3 is 5.32 Å². The summed E-state index contributed by atoms with van der Waals surface area (Å²) in [5.74, 6) is -0.0224. The summed E-state index contributed by atoms with van der Waals surface area (Å²) in [5.41, 5.74) is 2.09. The van der Waals surface area contributed by atoms with Gasteiger partial charge in [0.25, 0.3) is 0 Å². The molecule has 2 aromatic rings. The summed E-state index contributed by atoms with van der Waals surface area (Å²) in [7, 11) is 1.89. The smallest absolute Gasteiger partial charge is 0.137 e. The van der Waals surface area contributed by atoms with Crippen LogP contribution in [0, 0.1) is 5.82 Å². The average molecular weight is 323 g/mol. The quantitative estimate of drug-likeness (QED) is 0.918. The lowest BCUT2D eigenvalue weighted by molar-refractivity contribution is 0.500. The summed E-state index contributed by atoms with van der Waals surface area (Å²) in [4.78, 5) is 4.03. The van der Waals surface area contributed by atoms with Crippen LogP contribution in [0.1, 0.15) is 30.0 Å². The van der Waals surface area contributed by atoms with Gasteiger partial charge >= 0.3 is 0 Å². The van der Waals surface area contributed by atoms with Gasteiger partial charge in [0.2, 0.25) is 0 Å². The largest absolute Gasteiger partial charge is 0.312 e. The fourth-order valence-corrected chi connectivity index (χ4v) is 2.81. The second-order valence-electron chi connectivity index (χ2n) is 4.48. The predicted octanol–water partition coefficient (Wildman–Crippen LogP) is 4.05. The van der Waals surface area contributed by atoms with Gasteiger partial charge in [-0.1, -0.05) is 19.1 Å². The van der Waals surface area contributed by atoms with Crippen LogP contribution in [0.2, 0.25) is 0 Å². The Morgan fingerprint density at radius 1 is 1.21 bits per heavy atom. The SMILES string of the molecule is CNC(c1cccc(F)c1Br)C(C)c1ccncc1. The van der Waals surface area contributed by atoms with Gasteiger partial charge in [0, 0.05) is 24.4 Å². The number of likely N-dealkylation sites (N-methyl/N-ethyl adjacent to an activating group) is 1. The zero-order chi connectivity index (χ0) is 13.8. The first kappa shape index (κ1) is 14.2. The van der Waals surface area contributed by atoms with Gasteiger partial charge in [-0.25, -0.2) is 4.39 Å². The lowest BCUT2D eigenvalue weighted by atomic mass is 9.89. The van der Waals surface area contributed by atoms with Crippen molar-refractivity contribution in [2.45, 2.75) is 18.9 Å². The summed E-state index contributed by atoms with van der Waals surface area (Å²) in [6.07, 6.45) is 3.55. The highest BCUT2D eigenvalue weighted by atomic mass is 79.9. The van der Waals surface area contributed by atoms with Crippen LogP contribution in [0.15, 0.2) is 47.2 Å². The van der Waals surface area contributed by atoms with E-state index in [4.69, 9.17) is 0 Å². The fraction of sp³-hybridized carbons (Fsp3) is 0.267. The van der Waals surface area contributed by atoms with Gasteiger partial charge in [0.1, 0.15) is 5.82 Å². The molecular weight excluding hydrogens is 307 g/mol. The summed E-state index contributed by atoms with van der Waals surface area (Å²) in [6, 6.07) is 9.14. The summed E-state index contributed by atoms with van der Waals surface area (Å²) < 4.78 is 14.2. The summed E-state index contributed by atoms with van der Waals surface area (Å²) in [6.45, 7) is 2.12. The number of pyridine rings is 1. The third-order valence-corrected chi connectivity index (χ3v) is 4.20. The van der Waals surface area contributed by atoms with Crippen LogP contribution in [0.3, 0.4) is 0 Å². The van der Waals surface area contributed by atoms with Crippen molar-refractivity contribution >= 4 is 15.9 Å². The highest BCUT2D eigenvalue weighted by molar-refractivity contribution is 9.10. The second-order valence-corrected chi connectivity index (χ2v) is 5.27. The molecule has 0 amide bonds. The Morgan fingerprint density at radius 3 is 2.53 bits per heavy atom. The number of aromatic nitrogens is 1. The van der Waals surface area contributed by atoms with Crippen molar-refractivity contribution in [3.63, 3.8) is 0 Å². The third kappa shape index (κ3) is 3.01. The Hall–Kier alpha value is -1.26. The monoisotopic (exact) mass is 322 g/mol. The number of hydrogen-bond acceptors (Lipinski definition) is 2. The van der Waals surface area contributed by atoms with Gasteiger partial charge in [-0.3, -0.25) is 4.98 Å². The Kier molecular flexibility index (Phi) is 4.66. The zero-order valence-electron chi connectivity index (χ0n) is 10.9. The van der Waals surface area contributed by atoms with Gasteiger partial charge in [-0.2, -0.15) is 0 Å². The molecule has 1 heterocycles. The Balaban J connectivity index is 2.37. The molecule has 2 atom stereocenters. The molecule has 2 nitrogen and oxygen atoms in total. The maximum absolute atomic E-state index is 13.7. The van der Waals surface area contributed by atoms with E-state index in [-0.39, 0.29) is 17.8 Å². The highest BCUT2D eigenvalue weighted by Crippen LogP contribution is 2.34. The van der Waals surface area contributed by atoms with Gasteiger partial charge in [-0.15, -0.1) is 0 Å². The summed E-state index contributed by atoms with van der Waals surface area (Å²) in [5, 5.41) is 3.27. The van der Waals surface area contributed by atoms with Crippen molar-refractivity contribution in [2.75, 3.05) is 7.05 Å². The maximum atomic E-state index is 13.7. The first-order valence-electron chi connectivity index (χ1n) is 6.16. The normalized spacial score (nSPS) is 14.1. The van der Waals surface area contributed by atoms with Crippen molar-refractivity contribution in [2.24, 2.45) is 0 Å². The van der Waals surface area contributed by atoms with Crippen LogP contribution < -0.4 is 5.32 Å². The second kappa shape index (κ2) is 6.26. The molecule has 0 aliphatic rings. The lowest BCUT2D eigenvalue weighted by Gasteiger charge is -2.25. The molecule has 2 unspecified atom stereocenters. The first-order valence-corrected chi connectivity index (χ1v) is 6.95. The summed E-state index contributed by atoms with van der Waals surface area (Å²) >= 11 is 3.34. The number of benzene rings is 1. The van der Waals surface area contributed by atoms with Crippen LogP contribution in [0.25, 0.3) is 0 Å². The van der Waals surface area contributed by atoms with Gasteiger partial charge in [0.05, 0.1) is 4.47 Å². The minimum atomic E-state index is -0.236. The van der Waals surface area contributed by atoms with Crippen molar-refractivity contribution in [1.82, 2.24) is 10.3 Å². The van der Waals surface area contributed by atoms with Crippen LogP contribution in [0.4, 0.5) is 4.39 Å². The topological polar surface area (TPSA) is 24.9 Å². The van der Waals surface area contributed by atoms with E-state index in [0.717, 1.165) is 5.56 Å². The molecule has 1 aromatic carbocycles. The average Bonchev–Trinajstić information content (AvgIpc) is 2.45. The minimum absolute atomic E-state index is 0.0347. The maximum Gasteiger partial charge on any atom is 0.137 e. The number of rotatable bonds is 4. The molecule has 1 N–H and O–H groups in total. The van der Waals surface area contributed by atoms with Crippen LogP contribution in [0.5, 0.6) is 0 Å². The molecule has 0 saturated heterocycles. The molecular formula is C15H16BrFN2. The van der Waals surface area contributed by atoms with Crippen molar-refractivity contribution in [1.29, 1.82) is 0 Å². The number of halogens is 2. The third-order valence-electron chi connectivity index (χ3n) is 3.36. The molecule has 0 saturated carbocycles. The molecule has 0 bridgehead atoms. The molecule has 0 aliphatic carbocycles. The van der Waals surface area contributed by atoms with Crippen molar-refractivity contribution in [3.8, 4) is 0 Å². The van der Waals surface area contributed by atoms with E-state index in [9.17, 15) is 4.39 Å². The standard InChI is InChI=1S/C15H16BrFN2/c1-10(11-6-8-19-9-7-11)15(18-2)12-4-3-5-13(17)14(12)16/h3-10,15,18H,1-2H3.